The molecule has 4 nitrogen and oxygen atoms in total. The standard InChI is InChI=1S/C9H7FN2O2/c1-5-2-3-6(10)4-7(5)8-11-9(13)14-12-8/h2-4H,1H3,(H,11,12,13). The Morgan fingerprint density at radius 3 is 2.93 bits per heavy atom. The fraction of sp³-hybridized carbons (Fsp3) is 0.111. The summed E-state index contributed by atoms with van der Waals surface area (Å²) in [6.07, 6.45) is 0. The summed E-state index contributed by atoms with van der Waals surface area (Å²) in [4.78, 5) is 13.0. The maximum Gasteiger partial charge on any atom is 0.439 e. The van der Waals surface area contributed by atoms with Crippen LogP contribution >= 0.6 is 0 Å². The largest absolute Gasteiger partial charge is 0.439 e. The number of hydrogen-bond donors (Lipinski definition) is 1. The molecule has 0 aliphatic heterocycles. The van der Waals surface area contributed by atoms with Gasteiger partial charge in [-0.05, 0) is 24.6 Å². The highest BCUT2D eigenvalue weighted by Crippen LogP contribution is 2.19. The Labute approximate surface area is 78.4 Å². The number of benzene rings is 1. The highest BCUT2D eigenvalue weighted by Gasteiger charge is 2.07. The predicted molar refractivity (Wildman–Crippen MR) is 47.3 cm³/mol. The molecule has 0 bridgehead atoms. The molecule has 0 aliphatic rings. The van der Waals surface area contributed by atoms with Crippen LogP contribution in [0.3, 0.4) is 0 Å². The molecule has 0 saturated heterocycles. The molecular formula is C9H7FN2O2. The molecule has 14 heavy (non-hydrogen) atoms. The molecule has 1 heterocycles. The third-order valence-electron chi connectivity index (χ3n) is 1.90. The van der Waals surface area contributed by atoms with E-state index in [2.05, 4.69) is 14.7 Å². The van der Waals surface area contributed by atoms with Crippen molar-refractivity contribution in [3.05, 3.63) is 40.1 Å². The number of H-pyrrole nitrogens is 1. The number of nitrogens with zero attached hydrogens (tertiary/aromatic N) is 1. The van der Waals surface area contributed by atoms with Crippen LogP contribution in [0.2, 0.25) is 0 Å². The monoisotopic (exact) mass is 194 g/mol. The summed E-state index contributed by atoms with van der Waals surface area (Å²) in [6, 6.07) is 4.25. The molecule has 0 aliphatic carbocycles. The molecule has 2 aromatic rings. The Morgan fingerprint density at radius 1 is 1.50 bits per heavy atom. The van der Waals surface area contributed by atoms with Crippen LogP contribution in [0.25, 0.3) is 11.4 Å². The average Bonchev–Trinajstić information content (AvgIpc) is 2.56. The van der Waals surface area contributed by atoms with Crippen LogP contribution in [0.5, 0.6) is 0 Å². The maximum atomic E-state index is 12.9. The number of halogens is 1. The number of aromatic nitrogens is 2. The Balaban J connectivity index is 2.61. The number of rotatable bonds is 1. The molecule has 5 heteroatoms. The fourth-order valence-corrected chi connectivity index (χ4v) is 1.20. The van der Waals surface area contributed by atoms with Gasteiger partial charge < -0.3 is 0 Å². The van der Waals surface area contributed by atoms with E-state index < -0.39 is 5.76 Å². The van der Waals surface area contributed by atoms with Gasteiger partial charge in [-0.2, -0.15) is 0 Å². The van der Waals surface area contributed by atoms with Gasteiger partial charge in [-0.3, -0.25) is 9.51 Å². The topological polar surface area (TPSA) is 58.9 Å². The smallest absolute Gasteiger partial charge is 0.296 e. The van der Waals surface area contributed by atoms with Gasteiger partial charge in [0.05, 0.1) is 0 Å². The van der Waals surface area contributed by atoms with Crippen molar-refractivity contribution >= 4 is 0 Å². The normalized spacial score (nSPS) is 10.4. The van der Waals surface area contributed by atoms with Crippen molar-refractivity contribution in [1.82, 2.24) is 10.1 Å². The van der Waals surface area contributed by atoms with Gasteiger partial charge in [-0.15, -0.1) is 0 Å². The van der Waals surface area contributed by atoms with E-state index >= 15 is 0 Å². The van der Waals surface area contributed by atoms with Crippen molar-refractivity contribution in [3.63, 3.8) is 0 Å². The second-order valence-corrected chi connectivity index (χ2v) is 2.90. The van der Waals surface area contributed by atoms with E-state index in [0.717, 1.165) is 5.56 Å². The molecule has 1 aromatic heterocycles. The maximum absolute atomic E-state index is 12.9. The third kappa shape index (κ3) is 1.44. The van der Waals surface area contributed by atoms with E-state index in [1.807, 2.05) is 0 Å². The molecule has 0 radical (unpaired) electrons. The first-order valence-electron chi connectivity index (χ1n) is 3.99. The minimum absolute atomic E-state index is 0.243. The molecule has 0 atom stereocenters. The lowest BCUT2D eigenvalue weighted by Gasteiger charge is -1.99. The van der Waals surface area contributed by atoms with Gasteiger partial charge >= 0.3 is 5.76 Å². The molecule has 0 fully saturated rings. The van der Waals surface area contributed by atoms with Gasteiger partial charge in [-0.25, -0.2) is 9.18 Å². The van der Waals surface area contributed by atoms with E-state index in [-0.39, 0.29) is 11.6 Å². The van der Waals surface area contributed by atoms with Crippen LogP contribution in [0.1, 0.15) is 5.56 Å². The molecule has 0 amide bonds. The summed E-state index contributed by atoms with van der Waals surface area (Å²) in [7, 11) is 0. The van der Waals surface area contributed by atoms with Crippen LogP contribution < -0.4 is 5.76 Å². The second kappa shape index (κ2) is 3.10. The summed E-state index contributed by atoms with van der Waals surface area (Å²) in [6.45, 7) is 1.79. The van der Waals surface area contributed by atoms with Crippen molar-refractivity contribution in [1.29, 1.82) is 0 Å². The lowest BCUT2D eigenvalue weighted by Crippen LogP contribution is -1.95. The predicted octanol–water partition coefficient (Wildman–Crippen LogP) is 1.48. The van der Waals surface area contributed by atoms with Crippen molar-refractivity contribution in [2.75, 3.05) is 0 Å². The second-order valence-electron chi connectivity index (χ2n) is 2.90. The highest BCUT2D eigenvalue weighted by molar-refractivity contribution is 5.58. The minimum atomic E-state index is -0.649. The summed E-state index contributed by atoms with van der Waals surface area (Å²) in [5.74, 6) is -0.787. The van der Waals surface area contributed by atoms with Gasteiger partial charge in [0.15, 0.2) is 5.82 Å². The fourth-order valence-electron chi connectivity index (χ4n) is 1.20. The first-order valence-corrected chi connectivity index (χ1v) is 3.99. The van der Waals surface area contributed by atoms with Gasteiger partial charge in [0.2, 0.25) is 0 Å². The average molecular weight is 194 g/mol. The number of nitrogens with one attached hydrogen (secondary N) is 1. The molecule has 72 valence electrons. The summed E-state index contributed by atoms with van der Waals surface area (Å²) < 4.78 is 17.2. The van der Waals surface area contributed by atoms with Crippen molar-refractivity contribution < 1.29 is 8.91 Å². The Hall–Kier alpha value is -1.91. The number of aromatic amines is 1. The molecule has 2 rings (SSSR count). The quantitative estimate of drug-likeness (QED) is 0.747. The van der Waals surface area contributed by atoms with Gasteiger partial charge in [0.1, 0.15) is 5.82 Å². The third-order valence-corrected chi connectivity index (χ3v) is 1.90. The van der Waals surface area contributed by atoms with E-state index in [9.17, 15) is 9.18 Å². The van der Waals surface area contributed by atoms with Gasteiger partial charge in [0, 0.05) is 5.56 Å². The van der Waals surface area contributed by atoms with E-state index in [1.54, 1.807) is 13.0 Å². The van der Waals surface area contributed by atoms with Gasteiger partial charge in [0.25, 0.3) is 0 Å². The van der Waals surface area contributed by atoms with Crippen LogP contribution in [0, 0.1) is 12.7 Å². The Bertz CT molecular complexity index is 516. The lowest BCUT2D eigenvalue weighted by atomic mass is 10.1. The van der Waals surface area contributed by atoms with Gasteiger partial charge in [-0.1, -0.05) is 11.2 Å². The van der Waals surface area contributed by atoms with E-state index in [1.165, 1.54) is 12.1 Å². The summed E-state index contributed by atoms with van der Waals surface area (Å²) in [5.41, 5.74) is 1.34. The molecular weight excluding hydrogens is 187 g/mol. The summed E-state index contributed by atoms with van der Waals surface area (Å²) >= 11 is 0. The minimum Gasteiger partial charge on any atom is -0.296 e. The summed E-state index contributed by atoms with van der Waals surface area (Å²) in [5, 5.41) is 3.48. The first-order chi connectivity index (χ1) is 6.66. The van der Waals surface area contributed by atoms with Crippen molar-refractivity contribution in [3.8, 4) is 11.4 Å². The number of aryl methyl sites for hydroxylation is 1. The van der Waals surface area contributed by atoms with Crippen LogP contribution in [0.15, 0.2) is 27.5 Å². The molecule has 1 aromatic carbocycles. The van der Waals surface area contributed by atoms with Crippen LogP contribution in [-0.4, -0.2) is 10.1 Å². The molecule has 1 N–H and O–H groups in total. The van der Waals surface area contributed by atoms with Crippen LogP contribution in [-0.2, 0) is 0 Å². The Kier molecular flexibility index (Phi) is 1.92. The highest BCUT2D eigenvalue weighted by atomic mass is 19.1. The molecule has 0 spiro atoms. The van der Waals surface area contributed by atoms with Crippen molar-refractivity contribution in [2.24, 2.45) is 0 Å². The first kappa shape index (κ1) is 8.68. The van der Waals surface area contributed by atoms with Crippen molar-refractivity contribution in [2.45, 2.75) is 6.92 Å². The van der Waals surface area contributed by atoms with E-state index in [4.69, 9.17) is 0 Å². The Morgan fingerprint density at radius 2 is 2.29 bits per heavy atom. The van der Waals surface area contributed by atoms with Crippen LogP contribution in [0.4, 0.5) is 4.39 Å². The molecule has 0 unspecified atom stereocenters. The van der Waals surface area contributed by atoms with E-state index in [0.29, 0.717) is 5.56 Å². The molecule has 0 saturated carbocycles. The number of hydrogen-bond acceptors (Lipinski definition) is 3. The zero-order chi connectivity index (χ0) is 10.1. The zero-order valence-corrected chi connectivity index (χ0v) is 7.37. The SMILES string of the molecule is Cc1ccc(F)cc1-c1noc(=O)[nH]1. The zero-order valence-electron chi connectivity index (χ0n) is 7.37. The lowest BCUT2D eigenvalue weighted by molar-refractivity contribution is 0.388.